The van der Waals surface area contributed by atoms with Crippen LogP contribution < -0.4 is 10.6 Å². The van der Waals surface area contributed by atoms with E-state index < -0.39 is 0 Å². The molecular weight excluding hydrogens is 250 g/mol. The highest BCUT2D eigenvalue weighted by molar-refractivity contribution is 5.29. The number of nitrogens with zero attached hydrogens (tertiary/aromatic N) is 4. The molecule has 1 aromatic rings. The van der Waals surface area contributed by atoms with Crippen molar-refractivity contribution in [3.05, 3.63) is 18.5 Å². The van der Waals surface area contributed by atoms with Gasteiger partial charge in [-0.25, -0.2) is 9.97 Å². The topological polar surface area (TPSA) is 58.3 Å². The summed E-state index contributed by atoms with van der Waals surface area (Å²) in [7, 11) is 0. The fourth-order valence-corrected chi connectivity index (χ4v) is 2.95. The first-order valence-corrected chi connectivity index (χ1v) is 7.61. The highest BCUT2D eigenvalue weighted by Gasteiger charge is 2.27. The van der Waals surface area contributed by atoms with Gasteiger partial charge in [0.05, 0.1) is 0 Å². The van der Waals surface area contributed by atoms with Gasteiger partial charge >= 0.3 is 0 Å². The minimum absolute atomic E-state index is 0.250. The molecule has 0 aromatic carbocycles. The van der Waals surface area contributed by atoms with Crippen LogP contribution in [0.15, 0.2) is 18.5 Å². The first kappa shape index (κ1) is 15.2. The molecule has 1 aliphatic heterocycles. The summed E-state index contributed by atoms with van der Waals surface area (Å²) in [6, 6.07) is 1.86. The lowest BCUT2D eigenvalue weighted by atomic mass is 9.85. The molecule has 2 rings (SSSR count). The monoisotopic (exact) mass is 277 g/mol. The maximum atomic E-state index is 5.97. The Morgan fingerprint density at radius 3 is 2.40 bits per heavy atom. The van der Waals surface area contributed by atoms with E-state index >= 15 is 0 Å². The molecule has 0 aliphatic carbocycles. The van der Waals surface area contributed by atoms with Gasteiger partial charge in [0.2, 0.25) is 5.95 Å². The summed E-state index contributed by atoms with van der Waals surface area (Å²) in [4.78, 5) is 13.4. The molecule has 0 saturated carbocycles. The van der Waals surface area contributed by atoms with E-state index in [4.69, 9.17) is 5.73 Å². The van der Waals surface area contributed by atoms with E-state index in [-0.39, 0.29) is 5.41 Å². The molecule has 0 spiro atoms. The van der Waals surface area contributed by atoms with E-state index in [0.29, 0.717) is 0 Å². The summed E-state index contributed by atoms with van der Waals surface area (Å²) < 4.78 is 0. The maximum Gasteiger partial charge on any atom is 0.225 e. The van der Waals surface area contributed by atoms with E-state index in [1.807, 2.05) is 6.07 Å². The fraction of sp³-hybridized carbons (Fsp3) is 0.733. The average Bonchev–Trinajstić information content (AvgIpc) is 2.49. The molecule has 5 heteroatoms. The first-order valence-electron chi connectivity index (χ1n) is 7.61. The molecule has 5 nitrogen and oxygen atoms in total. The van der Waals surface area contributed by atoms with Crippen LogP contribution >= 0.6 is 0 Å². The molecule has 0 radical (unpaired) electrons. The van der Waals surface area contributed by atoms with Crippen molar-refractivity contribution in [1.82, 2.24) is 14.9 Å². The summed E-state index contributed by atoms with van der Waals surface area (Å²) in [5.41, 5.74) is 6.22. The number of rotatable bonds is 6. The van der Waals surface area contributed by atoms with Crippen molar-refractivity contribution in [2.45, 2.75) is 26.7 Å². The van der Waals surface area contributed by atoms with Crippen molar-refractivity contribution in [1.29, 1.82) is 0 Å². The van der Waals surface area contributed by atoms with Crippen LogP contribution in [0.4, 0.5) is 5.95 Å². The standard InChI is InChI=1S/C15H27N5/c1-3-5-15(2,12-16)13-19-8-10-20(11-9-19)14-17-6-4-7-18-14/h4,6-7H,3,5,8-13,16H2,1-2H3. The summed E-state index contributed by atoms with van der Waals surface area (Å²) in [6.07, 6.45) is 6.01. The third-order valence-electron chi connectivity index (χ3n) is 4.16. The van der Waals surface area contributed by atoms with E-state index in [9.17, 15) is 0 Å². The van der Waals surface area contributed by atoms with Crippen LogP contribution in [0.5, 0.6) is 0 Å². The van der Waals surface area contributed by atoms with Crippen LogP contribution in [0.1, 0.15) is 26.7 Å². The van der Waals surface area contributed by atoms with Crippen molar-refractivity contribution < 1.29 is 0 Å². The van der Waals surface area contributed by atoms with Gasteiger partial charge in [-0.3, -0.25) is 4.90 Å². The van der Waals surface area contributed by atoms with Gasteiger partial charge in [0.25, 0.3) is 0 Å². The average molecular weight is 277 g/mol. The lowest BCUT2D eigenvalue weighted by Gasteiger charge is -2.40. The highest BCUT2D eigenvalue weighted by atomic mass is 15.3. The molecule has 2 heterocycles. The van der Waals surface area contributed by atoms with Crippen LogP contribution in [0.2, 0.25) is 0 Å². The van der Waals surface area contributed by atoms with Crippen molar-refractivity contribution in [3.8, 4) is 0 Å². The number of anilines is 1. The van der Waals surface area contributed by atoms with Crippen LogP contribution in [-0.4, -0.2) is 54.1 Å². The van der Waals surface area contributed by atoms with Gasteiger partial charge in [-0.05, 0) is 24.4 Å². The Labute approximate surface area is 122 Å². The number of piperazine rings is 1. The van der Waals surface area contributed by atoms with Crippen LogP contribution in [0, 0.1) is 5.41 Å². The number of hydrogen-bond donors (Lipinski definition) is 1. The first-order chi connectivity index (χ1) is 9.67. The molecule has 20 heavy (non-hydrogen) atoms. The van der Waals surface area contributed by atoms with Crippen molar-refractivity contribution >= 4 is 5.95 Å². The zero-order valence-electron chi connectivity index (χ0n) is 12.8. The molecule has 1 unspecified atom stereocenters. The second-order valence-electron chi connectivity index (χ2n) is 6.08. The second-order valence-corrected chi connectivity index (χ2v) is 6.08. The zero-order chi connectivity index (χ0) is 14.4. The van der Waals surface area contributed by atoms with Gasteiger partial charge in [0.15, 0.2) is 0 Å². The van der Waals surface area contributed by atoms with Crippen molar-refractivity contribution in [2.75, 3.05) is 44.2 Å². The third kappa shape index (κ3) is 3.90. The predicted octanol–water partition coefficient (Wildman–Crippen LogP) is 1.36. The molecule has 1 atom stereocenters. The molecule has 0 bridgehead atoms. The summed E-state index contributed by atoms with van der Waals surface area (Å²) >= 11 is 0. The lowest BCUT2D eigenvalue weighted by Crippen LogP contribution is -2.51. The van der Waals surface area contributed by atoms with Gasteiger partial charge in [-0.1, -0.05) is 20.3 Å². The summed E-state index contributed by atoms with van der Waals surface area (Å²) in [5.74, 6) is 0.849. The Hall–Kier alpha value is -1.20. The van der Waals surface area contributed by atoms with Gasteiger partial charge in [-0.2, -0.15) is 0 Å². The molecule has 1 saturated heterocycles. The van der Waals surface area contributed by atoms with E-state index in [2.05, 4.69) is 33.6 Å². The van der Waals surface area contributed by atoms with Gasteiger partial charge < -0.3 is 10.6 Å². The Morgan fingerprint density at radius 2 is 1.85 bits per heavy atom. The minimum Gasteiger partial charge on any atom is -0.338 e. The molecule has 2 N–H and O–H groups in total. The molecule has 1 aromatic heterocycles. The SMILES string of the molecule is CCCC(C)(CN)CN1CCN(c2ncccn2)CC1. The molecule has 0 amide bonds. The van der Waals surface area contributed by atoms with Gasteiger partial charge in [0, 0.05) is 45.1 Å². The van der Waals surface area contributed by atoms with Gasteiger partial charge in [-0.15, -0.1) is 0 Å². The second kappa shape index (κ2) is 6.99. The zero-order valence-corrected chi connectivity index (χ0v) is 12.8. The third-order valence-corrected chi connectivity index (χ3v) is 4.16. The summed E-state index contributed by atoms with van der Waals surface area (Å²) in [6.45, 7) is 10.5. The number of hydrogen-bond acceptors (Lipinski definition) is 5. The smallest absolute Gasteiger partial charge is 0.225 e. The van der Waals surface area contributed by atoms with Crippen LogP contribution in [0.3, 0.4) is 0 Å². The number of nitrogens with two attached hydrogens (primary N) is 1. The maximum absolute atomic E-state index is 5.97. The van der Waals surface area contributed by atoms with E-state index in [1.165, 1.54) is 12.8 Å². The Morgan fingerprint density at radius 1 is 1.20 bits per heavy atom. The molecule has 1 fully saturated rings. The normalized spacial score (nSPS) is 19.9. The van der Waals surface area contributed by atoms with E-state index in [1.54, 1.807) is 12.4 Å². The van der Waals surface area contributed by atoms with Gasteiger partial charge in [0.1, 0.15) is 0 Å². The Kier molecular flexibility index (Phi) is 5.31. The predicted molar refractivity (Wildman–Crippen MR) is 82.8 cm³/mol. The van der Waals surface area contributed by atoms with Crippen LogP contribution in [-0.2, 0) is 0 Å². The van der Waals surface area contributed by atoms with Crippen molar-refractivity contribution in [3.63, 3.8) is 0 Å². The van der Waals surface area contributed by atoms with Crippen LogP contribution in [0.25, 0.3) is 0 Å². The van der Waals surface area contributed by atoms with E-state index in [0.717, 1.165) is 45.2 Å². The Balaban J connectivity index is 1.85. The fourth-order valence-electron chi connectivity index (χ4n) is 2.95. The largest absolute Gasteiger partial charge is 0.338 e. The molecule has 112 valence electrons. The summed E-state index contributed by atoms with van der Waals surface area (Å²) in [5, 5.41) is 0. The lowest BCUT2D eigenvalue weighted by molar-refractivity contribution is 0.151. The Bertz CT molecular complexity index is 389. The number of aromatic nitrogens is 2. The highest BCUT2D eigenvalue weighted by Crippen LogP contribution is 2.24. The quantitative estimate of drug-likeness (QED) is 0.851. The van der Waals surface area contributed by atoms with Crippen molar-refractivity contribution in [2.24, 2.45) is 11.1 Å². The molecular formula is C15H27N5. The molecule has 1 aliphatic rings. The minimum atomic E-state index is 0.250.